The van der Waals surface area contributed by atoms with Crippen LogP contribution in [0.4, 0.5) is 0 Å². The number of rotatable bonds is 6. The van der Waals surface area contributed by atoms with E-state index in [1.165, 1.54) is 6.26 Å². The van der Waals surface area contributed by atoms with Gasteiger partial charge in [-0.3, -0.25) is 0 Å². The van der Waals surface area contributed by atoms with Gasteiger partial charge in [0.05, 0.1) is 4.75 Å². The summed E-state index contributed by atoms with van der Waals surface area (Å²) >= 11 is 0. The van der Waals surface area contributed by atoms with Crippen molar-refractivity contribution in [2.75, 3.05) is 20.0 Å². The molecule has 0 radical (unpaired) electrons. The summed E-state index contributed by atoms with van der Waals surface area (Å²) in [5, 5.41) is 0. The van der Waals surface area contributed by atoms with Crippen molar-refractivity contribution in [3.8, 4) is 0 Å². The maximum Gasteiger partial charge on any atom is 0.154 e. The normalized spacial score (nSPS) is 15.5. The average Bonchev–Trinajstić information content (AvgIpc) is 2.02. The molecule has 0 saturated heterocycles. The van der Waals surface area contributed by atoms with Crippen LogP contribution in [0.3, 0.4) is 0 Å². The van der Waals surface area contributed by atoms with E-state index in [1.807, 2.05) is 0 Å². The first-order chi connectivity index (χ1) is 6.23. The fourth-order valence-electron chi connectivity index (χ4n) is 1.07. The van der Waals surface area contributed by atoms with Gasteiger partial charge in [0.1, 0.15) is 0 Å². The van der Waals surface area contributed by atoms with Gasteiger partial charge < -0.3 is 10.5 Å². The number of methoxy groups -OCH3 is 1. The molecule has 0 heterocycles. The summed E-state index contributed by atoms with van der Waals surface area (Å²) in [6.45, 7) is 3.95. The first-order valence-corrected chi connectivity index (χ1v) is 6.56. The monoisotopic (exact) mass is 223 g/mol. The Morgan fingerprint density at radius 2 is 1.93 bits per heavy atom. The Bertz CT molecular complexity index is 259. The molecule has 0 fully saturated rings. The molecule has 0 rings (SSSR count). The lowest BCUT2D eigenvalue weighted by atomic mass is 9.99. The van der Waals surface area contributed by atoms with Crippen molar-refractivity contribution < 1.29 is 13.2 Å². The smallest absolute Gasteiger partial charge is 0.154 e. The van der Waals surface area contributed by atoms with Crippen LogP contribution in [0.2, 0.25) is 0 Å². The summed E-state index contributed by atoms with van der Waals surface area (Å²) in [4.78, 5) is 0. The van der Waals surface area contributed by atoms with Gasteiger partial charge in [0, 0.05) is 26.0 Å². The average molecular weight is 223 g/mol. The van der Waals surface area contributed by atoms with Gasteiger partial charge in [0.15, 0.2) is 9.84 Å². The Hall–Kier alpha value is -0.130. The third kappa shape index (κ3) is 3.55. The number of sulfone groups is 1. The SMILES string of the molecule is COCCCC(N)C(C)(C)S(C)(=O)=O. The maximum atomic E-state index is 11.4. The lowest BCUT2D eigenvalue weighted by Crippen LogP contribution is -2.48. The Balaban J connectivity index is 4.30. The molecule has 0 aliphatic heterocycles. The standard InChI is InChI=1S/C9H21NO3S/c1-9(2,14(4,11)12)8(10)6-5-7-13-3/h8H,5-7,10H2,1-4H3. The number of ether oxygens (including phenoxy) is 1. The fraction of sp³-hybridized carbons (Fsp3) is 1.00. The molecule has 0 aromatic rings. The highest BCUT2D eigenvalue weighted by molar-refractivity contribution is 7.92. The molecule has 0 saturated carbocycles. The van der Waals surface area contributed by atoms with E-state index >= 15 is 0 Å². The Morgan fingerprint density at radius 1 is 1.43 bits per heavy atom. The van der Waals surface area contributed by atoms with Crippen LogP contribution in [-0.4, -0.2) is 39.2 Å². The molecule has 0 aromatic carbocycles. The molecule has 86 valence electrons. The van der Waals surface area contributed by atoms with Crippen molar-refractivity contribution in [1.82, 2.24) is 0 Å². The van der Waals surface area contributed by atoms with Gasteiger partial charge in [0.2, 0.25) is 0 Å². The molecule has 0 aliphatic rings. The topological polar surface area (TPSA) is 69.4 Å². The molecule has 1 atom stereocenters. The second-order valence-corrected chi connectivity index (χ2v) is 6.71. The summed E-state index contributed by atoms with van der Waals surface area (Å²) < 4.78 is 26.9. The molecule has 0 bridgehead atoms. The van der Waals surface area contributed by atoms with Gasteiger partial charge in [-0.25, -0.2) is 8.42 Å². The van der Waals surface area contributed by atoms with Crippen LogP contribution in [0, 0.1) is 0 Å². The zero-order chi connectivity index (χ0) is 11.4. The number of nitrogens with two attached hydrogens (primary N) is 1. The number of hydrogen-bond acceptors (Lipinski definition) is 4. The highest BCUT2D eigenvalue weighted by Gasteiger charge is 2.36. The van der Waals surface area contributed by atoms with Crippen LogP contribution in [0.15, 0.2) is 0 Å². The van der Waals surface area contributed by atoms with E-state index in [-0.39, 0.29) is 6.04 Å². The summed E-state index contributed by atoms with van der Waals surface area (Å²) in [7, 11) is -1.49. The molecule has 2 N–H and O–H groups in total. The quantitative estimate of drug-likeness (QED) is 0.668. The van der Waals surface area contributed by atoms with Gasteiger partial charge in [-0.05, 0) is 26.7 Å². The molecule has 0 amide bonds. The predicted octanol–water partition coefficient (Wildman–Crippen LogP) is 0.563. The van der Waals surface area contributed by atoms with Gasteiger partial charge in [-0.1, -0.05) is 0 Å². The second-order valence-electron chi connectivity index (χ2n) is 4.12. The van der Waals surface area contributed by atoms with E-state index in [9.17, 15) is 8.42 Å². The van der Waals surface area contributed by atoms with Gasteiger partial charge in [-0.2, -0.15) is 0 Å². The van der Waals surface area contributed by atoms with Crippen LogP contribution in [0.25, 0.3) is 0 Å². The molecule has 0 spiro atoms. The van der Waals surface area contributed by atoms with Crippen molar-refractivity contribution in [2.24, 2.45) is 5.73 Å². The first-order valence-electron chi connectivity index (χ1n) is 4.67. The van der Waals surface area contributed by atoms with Gasteiger partial charge >= 0.3 is 0 Å². The van der Waals surface area contributed by atoms with Crippen LogP contribution in [0.1, 0.15) is 26.7 Å². The lowest BCUT2D eigenvalue weighted by Gasteiger charge is -2.29. The Morgan fingerprint density at radius 3 is 2.29 bits per heavy atom. The minimum Gasteiger partial charge on any atom is -0.385 e. The van der Waals surface area contributed by atoms with Crippen LogP contribution in [-0.2, 0) is 14.6 Å². The van der Waals surface area contributed by atoms with E-state index < -0.39 is 14.6 Å². The van der Waals surface area contributed by atoms with Crippen LogP contribution < -0.4 is 5.73 Å². The number of hydrogen-bond donors (Lipinski definition) is 1. The third-order valence-electron chi connectivity index (χ3n) is 2.71. The molecular formula is C9H21NO3S. The summed E-state index contributed by atoms with van der Waals surface area (Å²) in [6, 6.07) is -0.340. The first kappa shape index (κ1) is 13.9. The molecule has 0 aromatic heterocycles. The largest absolute Gasteiger partial charge is 0.385 e. The van der Waals surface area contributed by atoms with Gasteiger partial charge in [-0.15, -0.1) is 0 Å². The summed E-state index contributed by atoms with van der Waals surface area (Å²) in [5.41, 5.74) is 5.84. The highest BCUT2D eigenvalue weighted by Crippen LogP contribution is 2.21. The predicted molar refractivity (Wildman–Crippen MR) is 58.0 cm³/mol. The minimum atomic E-state index is -3.10. The molecule has 5 heteroatoms. The Kier molecular flexibility index (Phi) is 5.05. The van der Waals surface area contributed by atoms with Crippen molar-refractivity contribution in [3.63, 3.8) is 0 Å². The second kappa shape index (κ2) is 5.09. The van der Waals surface area contributed by atoms with Crippen LogP contribution >= 0.6 is 0 Å². The van der Waals surface area contributed by atoms with E-state index in [0.29, 0.717) is 13.0 Å². The zero-order valence-electron chi connectivity index (χ0n) is 9.41. The van der Waals surface area contributed by atoms with E-state index in [0.717, 1.165) is 6.42 Å². The zero-order valence-corrected chi connectivity index (χ0v) is 10.2. The van der Waals surface area contributed by atoms with Crippen molar-refractivity contribution in [2.45, 2.75) is 37.5 Å². The maximum absolute atomic E-state index is 11.4. The summed E-state index contributed by atoms with van der Waals surface area (Å²) in [6.07, 6.45) is 2.67. The third-order valence-corrected chi connectivity index (χ3v) is 4.93. The van der Waals surface area contributed by atoms with Crippen molar-refractivity contribution in [3.05, 3.63) is 0 Å². The highest BCUT2D eigenvalue weighted by atomic mass is 32.2. The van der Waals surface area contributed by atoms with E-state index in [2.05, 4.69) is 0 Å². The van der Waals surface area contributed by atoms with Crippen molar-refractivity contribution >= 4 is 9.84 Å². The van der Waals surface area contributed by atoms with Gasteiger partial charge in [0.25, 0.3) is 0 Å². The molecule has 0 aliphatic carbocycles. The molecule has 14 heavy (non-hydrogen) atoms. The molecule has 4 nitrogen and oxygen atoms in total. The van der Waals surface area contributed by atoms with Crippen molar-refractivity contribution in [1.29, 1.82) is 0 Å². The van der Waals surface area contributed by atoms with E-state index in [4.69, 9.17) is 10.5 Å². The molecular weight excluding hydrogens is 202 g/mol. The minimum absolute atomic E-state index is 0.340. The van der Waals surface area contributed by atoms with Crippen LogP contribution in [0.5, 0.6) is 0 Å². The molecule has 1 unspecified atom stereocenters. The lowest BCUT2D eigenvalue weighted by molar-refractivity contribution is 0.189. The fourth-order valence-corrected chi connectivity index (χ4v) is 1.74. The Labute approximate surface area is 86.7 Å². The summed E-state index contributed by atoms with van der Waals surface area (Å²) in [5.74, 6) is 0. The van der Waals surface area contributed by atoms with E-state index in [1.54, 1.807) is 21.0 Å².